The second-order valence-corrected chi connectivity index (χ2v) is 5.82. The van der Waals surface area contributed by atoms with Crippen LogP contribution in [-0.4, -0.2) is 5.88 Å². The predicted octanol–water partition coefficient (Wildman–Crippen LogP) is 5.32. The summed E-state index contributed by atoms with van der Waals surface area (Å²) in [5, 5.41) is 0. The molecular formula is C16H16BrCl. The van der Waals surface area contributed by atoms with E-state index in [1.807, 2.05) is 6.07 Å². The number of rotatable bonds is 4. The van der Waals surface area contributed by atoms with E-state index < -0.39 is 0 Å². The van der Waals surface area contributed by atoms with E-state index in [-0.39, 0.29) is 0 Å². The van der Waals surface area contributed by atoms with Gasteiger partial charge in [0.05, 0.1) is 0 Å². The van der Waals surface area contributed by atoms with E-state index in [9.17, 15) is 0 Å². The van der Waals surface area contributed by atoms with Gasteiger partial charge in [-0.2, -0.15) is 0 Å². The molecule has 0 aliphatic rings. The highest BCUT2D eigenvalue weighted by Gasteiger charge is 2.11. The third kappa shape index (κ3) is 3.60. The van der Waals surface area contributed by atoms with E-state index in [0.29, 0.717) is 11.8 Å². The first-order valence-corrected chi connectivity index (χ1v) is 7.39. The largest absolute Gasteiger partial charge is 0.126 e. The van der Waals surface area contributed by atoms with Crippen molar-refractivity contribution < 1.29 is 0 Å². The lowest BCUT2D eigenvalue weighted by Gasteiger charge is -2.15. The first-order chi connectivity index (χ1) is 8.69. The van der Waals surface area contributed by atoms with Crippen LogP contribution in [0.5, 0.6) is 0 Å². The Kier molecular flexibility index (Phi) is 4.85. The van der Waals surface area contributed by atoms with Gasteiger partial charge >= 0.3 is 0 Å². The molecule has 0 heterocycles. The van der Waals surface area contributed by atoms with Gasteiger partial charge in [-0.1, -0.05) is 57.9 Å². The quantitative estimate of drug-likeness (QED) is 0.668. The van der Waals surface area contributed by atoms with Gasteiger partial charge in [-0.15, -0.1) is 11.6 Å². The first kappa shape index (κ1) is 13.6. The van der Waals surface area contributed by atoms with Crippen molar-refractivity contribution in [2.24, 2.45) is 0 Å². The smallest absolute Gasteiger partial charge is 0.0295 e. The molecule has 94 valence electrons. The van der Waals surface area contributed by atoms with E-state index >= 15 is 0 Å². The van der Waals surface area contributed by atoms with Crippen LogP contribution in [0.3, 0.4) is 0 Å². The van der Waals surface area contributed by atoms with Crippen LogP contribution < -0.4 is 0 Å². The highest BCUT2D eigenvalue weighted by atomic mass is 79.9. The van der Waals surface area contributed by atoms with Crippen LogP contribution in [0.4, 0.5) is 0 Å². The number of halogens is 2. The van der Waals surface area contributed by atoms with E-state index in [1.165, 1.54) is 16.7 Å². The van der Waals surface area contributed by atoms with Crippen LogP contribution in [0.25, 0.3) is 0 Å². The number of aryl methyl sites for hydroxylation is 1. The molecule has 0 fully saturated rings. The molecule has 18 heavy (non-hydrogen) atoms. The lowest BCUT2D eigenvalue weighted by molar-refractivity contribution is 0.765. The lowest BCUT2D eigenvalue weighted by atomic mass is 9.93. The van der Waals surface area contributed by atoms with Gasteiger partial charge in [0.15, 0.2) is 0 Å². The van der Waals surface area contributed by atoms with Crippen LogP contribution in [-0.2, 0) is 6.42 Å². The number of hydrogen-bond acceptors (Lipinski definition) is 0. The molecule has 2 rings (SSSR count). The molecule has 1 atom stereocenters. The molecule has 0 aromatic heterocycles. The maximum Gasteiger partial charge on any atom is 0.0295 e. The molecule has 0 spiro atoms. The van der Waals surface area contributed by atoms with E-state index in [4.69, 9.17) is 11.6 Å². The van der Waals surface area contributed by atoms with Gasteiger partial charge in [-0.3, -0.25) is 0 Å². The number of hydrogen-bond donors (Lipinski definition) is 0. The zero-order valence-corrected chi connectivity index (χ0v) is 12.7. The molecule has 0 aliphatic heterocycles. The fourth-order valence-corrected chi connectivity index (χ4v) is 2.85. The summed E-state index contributed by atoms with van der Waals surface area (Å²) in [4.78, 5) is 0. The SMILES string of the molecule is Cc1cccc(CC(CCl)c2cccc(Br)c2)c1. The Hall–Kier alpha value is -0.790. The Morgan fingerprint density at radius 1 is 1.11 bits per heavy atom. The molecule has 2 heteroatoms. The summed E-state index contributed by atoms with van der Waals surface area (Å²) in [7, 11) is 0. The highest BCUT2D eigenvalue weighted by molar-refractivity contribution is 9.10. The zero-order valence-electron chi connectivity index (χ0n) is 10.4. The predicted molar refractivity (Wildman–Crippen MR) is 82.5 cm³/mol. The van der Waals surface area contributed by atoms with Crippen molar-refractivity contribution in [2.45, 2.75) is 19.3 Å². The highest BCUT2D eigenvalue weighted by Crippen LogP contribution is 2.25. The van der Waals surface area contributed by atoms with Crippen molar-refractivity contribution in [1.82, 2.24) is 0 Å². The summed E-state index contributed by atoms with van der Waals surface area (Å²) >= 11 is 9.64. The lowest BCUT2D eigenvalue weighted by Crippen LogP contribution is -2.04. The third-order valence-corrected chi connectivity index (χ3v) is 3.94. The normalized spacial score (nSPS) is 12.4. The summed E-state index contributed by atoms with van der Waals surface area (Å²) in [5.74, 6) is 1.01. The Morgan fingerprint density at radius 3 is 2.56 bits per heavy atom. The van der Waals surface area contributed by atoms with Gasteiger partial charge in [0.25, 0.3) is 0 Å². The van der Waals surface area contributed by atoms with Gasteiger partial charge < -0.3 is 0 Å². The van der Waals surface area contributed by atoms with Crippen molar-refractivity contribution in [3.8, 4) is 0 Å². The summed E-state index contributed by atoms with van der Waals surface area (Å²) in [6.07, 6.45) is 0.988. The topological polar surface area (TPSA) is 0 Å². The van der Waals surface area contributed by atoms with Gasteiger partial charge in [0.1, 0.15) is 0 Å². The molecule has 2 aromatic carbocycles. The molecule has 1 unspecified atom stereocenters. The second kappa shape index (κ2) is 6.40. The first-order valence-electron chi connectivity index (χ1n) is 6.06. The Labute approximate surface area is 122 Å². The van der Waals surface area contributed by atoms with Gasteiger partial charge in [0, 0.05) is 16.3 Å². The molecule has 0 saturated carbocycles. The minimum Gasteiger partial charge on any atom is -0.126 e. The summed E-state index contributed by atoms with van der Waals surface area (Å²) in [6, 6.07) is 17.0. The second-order valence-electron chi connectivity index (χ2n) is 4.60. The van der Waals surface area contributed by atoms with Crippen molar-refractivity contribution in [3.63, 3.8) is 0 Å². The monoisotopic (exact) mass is 322 g/mol. The number of alkyl halides is 1. The van der Waals surface area contributed by atoms with Crippen molar-refractivity contribution in [3.05, 3.63) is 69.7 Å². The maximum atomic E-state index is 6.13. The van der Waals surface area contributed by atoms with Crippen molar-refractivity contribution in [1.29, 1.82) is 0 Å². The van der Waals surface area contributed by atoms with Crippen LogP contribution in [0.2, 0.25) is 0 Å². The Morgan fingerprint density at radius 2 is 1.89 bits per heavy atom. The molecule has 0 saturated heterocycles. The van der Waals surface area contributed by atoms with Crippen LogP contribution in [0, 0.1) is 6.92 Å². The van der Waals surface area contributed by atoms with Crippen LogP contribution in [0.15, 0.2) is 53.0 Å². The standard InChI is InChI=1S/C16H16BrCl/c1-12-4-2-5-13(8-12)9-15(11-18)14-6-3-7-16(17)10-14/h2-8,10,15H,9,11H2,1H3. The Balaban J connectivity index is 2.19. The molecule has 0 radical (unpaired) electrons. The molecule has 0 nitrogen and oxygen atoms in total. The van der Waals surface area contributed by atoms with E-state index in [2.05, 4.69) is 65.3 Å². The third-order valence-electron chi connectivity index (χ3n) is 3.07. The van der Waals surface area contributed by atoms with Gasteiger partial charge in [-0.05, 0) is 36.6 Å². The zero-order chi connectivity index (χ0) is 13.0. The molecular weight excluding hydrogens is 308 g/mol. The minimum absolute atomic E-state index is 0.367. The van der Waals surface area contributed by atoms with Crippen molar-refractivity contribution >= 4 is 27.5 Å². The summed E-state index contributed by atoms with van der Waals surface area (Å²) in [5.41, 5.74) is 3.94. The number of benzene rings is 2. The van der Waals surface area contributed by atoms with Crippen LogP contribution >= 0.6 is 27.5 Å². The van der Waals surface area contributed by atoms with E-state index in [1.54, 1.807) is 0 Å². The van der Waals surface area contributed by atoms with E-state index in [0.717, 1.165) is 10.9 Å². The van der Waals surface area contributed by atoms with Gasteiger partial charge in [0.2, 0.25) is 0 Å². The van der Waals surface area contributed by atoms with Crippen LogP contribution in [0.1, 0.15) is 22.6 Å². The maximum absolute atomic E-state index is 6.13. The minimum atomic E-state index is 0.367. The fraction of sp³-hybridized carbons (Fsp3) is 0.250. The molecule has 0 N–H and O–H groups in total. The summed E-state index contributed by atoms with van der Waals surface area (Å²) < 4.78 is 1.11. The fourth-order valence-electron chi connectivity index (χ4n) is 2.15. The average molecular weight is 324 g/mol. The Bertz CT molecular complexity index is 522. The molecule has 0 bridgehead atoms. The molecule has 0 amide bonds. The van der Waals surface area contributed by atoms with Crippen molar-refractivity contribution in [2.75, 3.05) is 5.88 Å². The van der Waals surface area contributed by atoms with Gasteiger partial charge in [-0.25, -0.2) is 0 Å². The molecule has 2 aromatic rings. The average Bonchev–Trinajstić information content (AvgIpc) is 2.36. The summed E-state index contributed by atoms with van der Waals surface area (Å²) in [6.45, 7) is 2.12. The molecule has 0 aliphatic carbocycles.